The molecule has 0 spiro atoms. The predicted octanol–water partition coefficient (Wildman–Crippen LogP) is 13.5. The molecule has 0 fully saturated rings. The summed E-state index contributed by atoms with van der Waals surface area (Å²) >= 11 is 0. The van der Waals surface area contributed by atoms with Crippen LogP contribution in [0.4, 0.5) is 0 Å². The van der Waals surface area contributed by atoms with Crippen LogP contribution >= 0.6 is 0 Å². The first-order valence-corrected chi connectivity index (χ1v) is 18.8. The van der Waals surface area contributed by atoms with Crippen LogP contribution in [0.2, 0.25) is 0 Å². The molecule has 0 amide bonds. The quantitative estimate of drug-likeness (QED) is 0.131. The summed E-state index contributed by atoms with van der Waals surface area (Å²) in [7, 11) is 0. The Labute approximate surface area is 320 Å². The van der Waals surface area contributed by atoms with E-state index < -0.39 is 0 Å². The molecule has 2 nitrogen and oxygen atoms in total. The van der Waals surface area contributed by atoms with E-state index in [4.69, 9.17) is 0 Å². The van der Waals surface area contributed by atoms with Crippen molar-refractivity contribution in [3.8, 4) is 22.3 Å². The Kier molecular flexibility index (Phi) is 8.00. The lowest BCUT2D eigenvalue weighted by atomic mass is 9.83. The Hall–Kier alpha value is -7.29. The molecule has 55 heavy (non-hydrogen) atoms. The van der Waals surface area contributed by atoms with Gasteiger partial charge in [0, 0.05) is 22.4 Å². The molecule has 0 radical (unpaired) electrons. The zero-order chi connectivity index (χ0) is 36.7. The monoisotopic (exact) mass is 700 g/mol. The molecular formula is C53H36N2. The number of allylic oxidation sites excluding steroid dienone is 1. The average Bonchev–Trinajstić information content (AvgIpc) is 3.26. The number of hydrogen-bond acceptors (Lipinski definition) is 2. The molecule has 0 bridgehead atoms. The number of fused-ring (bicyclic) bond motifs is 4. The molecule has 0 atom stereocenters. The van der Waals surface area contributed by atoms with Crippen molar-refractivity contribution < 1.29 is 0 Å². The SMILES string of the molecule is N=C(/C(=C1\NC(c2ccccc2)=Cc2ccc(-c3c4ccccc4c(-c4ccc5ccccc5c4)c4ccccc34)cc21)c1ccccc1)c1ccccc1. The number of rotatable bonds is 6. The van der Waals surface area contributed by atoms with E-state index in [1.54, 1.807) is 0 Å². The van der Waals surface area contributed by atoms with Gasteiger partial charge in [0.2, 0.25) is 0 Å². The molecule has 9 aromatic carbocycles. The molecule has 258 valence electrons. The fourth-order valence-corrected chi connectivity index (χ4v) is 8.28. The highest BCUT2D eigenvalue weighted by Gasteiger charge is 2.25. The van der Waals surface area contributed by atoms with Crippen LogP contribution in [0.25, 0.3) is 77.6 Å². The Balaban J connectivity index is 1.25. The molecular weight excluding hydrogens is 665 g/mol. The second kappa shape index (κ2) is 13.6. The minimum absolute atomic E-state index is 0.468. The van der Waals surface area contributed by atoms with Crippen molar-refractivity contribution in [3.63, 3.8) is 0 Å². The lowest BCUT2D eigenvalue weighted by Gasteiger charge is -2.27. The van der Waals surface area contributed by atoms with Crippen molar-refractivity contribution in [1.29, 1.82) is 5.41 Å². The van der Waals surface area contributed by atoms with Crippen molar-refractivity contribution in [3.05, 3.63) is 228 Å². The Bertz CT molecular complexity index is 2940. The maximum atomic E-state index is 9.74. The summed E-state index contributed by atoms with van der Waals surface area (Å²) in [6.07, 6.45) is 2.24. The topological polar surface area (TPSA) is 35.9 Å². The highest BCUT2D eigenvalue weighted by Crippen LogP contribution is 2.46. The van der Waals surface area contributed by atoms with Crippen LogP contribution in [-0.2, 0) is 0 Å². The van der Waals surface area contributed by atoms with Gasteiger partial charge in [-0.05, 0) is 89.5 Å². The zero-order valence-corrected chi connectivity index (χ0v) is 30.1. The molecule has 1 aliphatic rings. The lowest BCUT2D eigenvalue weighted by molar-refractivity contribution is 1.22. The van der Waals surface area contributed by atoms with E-state index in [2.05, 4.69) is 169 Å². The first-order valence-electron chi connectivity index (χ1n) is 18.8. The first-order chi connectivity index (χ1) is 27.2. The summed E-state index contributed by atoms with van der Waals surface area (Å²) in [6.45, 7) is 0. The van der Waals surface area contributed by atoms with Gasteiger partial charge in [-0.15, -0.1) is 0 Å². The van der Waals surface area contributed by atoms with Crippen molar-refractivity contribution >= 4 is 61.1 Å². The third kappa shape index (κ3) is 5.72. The number of hydrogen-bond donors (Lipinski definition) is 2. The molecule has 0 unspecified atom stereocenters. The highest BCUT2D eigenvalue weighted by atomic mass is 14.9. The fourth-order valence-electron chi connectivity index (χ4n) is 8.28. The molecule has 0 aromatic heterocycles. The second-order valence-electron chi connectivity index (χ2n) is 14.1. The summed E-state index contributed by atoms with van der Waals surface area (Å²) in [5, 5.41) is 21.0. The van der Waals surface area contributed by atoms with Crippen molar-refractivity contribution in [1.82, 2.24) is 5.32 Å². The van der Waals surface area contributed by atoms with Crippen LogP contribution < -0.4 is 5.32 Å². The molecule has 2 heteroatoms. The number of nitrogens with one attached hydrogen (secondary N) is 2. The Morgan fingerprint density at radius 3 is 1.51 bits per heavy atom. The van der Waals surface area contributed by atoms with E-state index in [1.165, 1.54) is 49.0 Å². The van der Waals surface area contributed by atoms with Gasteiger partial charge in [0.1, 0.15) is 0 Å². The maximum absolute atomic E-state index is 9.74. The van der Waals surface area contributed by atoms with Gasteiger partial charge in [-0.3, -0.25) is 5.41 Å². The van der Waals surface area contributed by atoms with Crippen LogP contribution in [0.1, 0.15) is 27.8 Å². The smallest absolute Gasteiger partial charge is 0.0711 e. The minimum Gasteiger partial charge on any atom is -0.354 e. The summed E-state index contributed by atoms with van der Waals surface area (Å²) in [6, 6.07) is 70.8. The van der Waals surface area contributed by atoms with Gasteiger partial charge in [0.25, 0.3) is 0 Å². The Morgan fingerprint density at radius 2 is 0.891 bits per heavy atom. The zero-order valence-electron chi connectivity index (χ0n) is 30.1. The molecule has 0 saturated heterocycles. The molecule has 1 heterocycles. The molecule has 0 saturated carbocycles. The van der Waals surface area contributed by atoms with Crippen LogP contribution in [0.5, 0.6) is 0 Å². The van der Waals surface area contributed by atoms with Gasteiger partial charge in [-0.25, -0.2) is 0 Å². The van der Waals surface area contributed by atoms with Gasteiger partial charge < -0.3 is 5.32 Å². The van der Waals surface area contributed by atoms with Crippen LogP contribution in [0.15, 0.2) is 200 Å². The van der Waals surface area contributed by atoms with Gasteiger partial charge >= 0.3 is 0 Å². The molecule has 10 rings (SSSR count). The fraction of sp³-hybridized carbons (Fsp3) is 0. The second-order valence-corrected chi connectivity index (χ2v) is 14.1. The molecule has 0 aliphatic carbocycles. The third-order valence-electron chi connectivity index (χ3n) is 10.9. The van der Waals surface area contributed by atoms with Crippen molar-refractivity contribution in [2.75, 3.05) is 0 Å². The standard InChI is InChI=1S/C53H36N2/c54-52(38-21-8-3-9-22-38)51(37-19-6-2-7-20-37)53-47-33-42(31-29-40(47)34-48(55-53)36-17-4-1-5-18-36)50-45-26-14-12-24-43(45)49(44-25-13-15-27-46(44)50)41-30-28-35-16-10-11-23-39(35)32-41/h1-34,54-55H/b53-51-,54-52?. The first kappa shape index (κ1) is 32.4. The lowest BCUT2D eigenvalue weighted by Crippen LogP contribution is -2.20. The van der Waals surface area contributed by atoms with Gasteiger partial charge in [0.05, 0.1) is 11.4 Å². The molecule has 2 N–H and O–H groups in total. The summed E-state index contributed by atoms with van der Waals surface area (Å²) < 4.78 is 0. The van der Waals surface area contributed by atoms with Crippen LogP contribution in [-0.4, -0.2) is 5.71 Å². The predicted molar refractivity (Wildman–Crippen MR) is 234 cm³/mol. The summed E-state index contributed by atoms with van der Waals surface area (Å²) in [5.74, 6) is 0. The summed E-state index contributed by atoms with van der Waals surface area (Å²) in [5.41, 5.74) is 13.1. The highest BCUT2D eigenvalue weighted by molar-refractivity contribution is 6.36. The summed E-state index contributed by atoms with van der Waals surface area (Å²) in [4.78, 5) is 0. The van der Waals surface area contributed by atoms with Crippen molar-refractivity contribution in [2.24, 2.45) is 0 Å². The van der Waals surface area contributed by atoms with Gasteiger partial charge in [0.15, 0.2) is 0 Å². The van der Waals surface area contributed by atoms with E-state index in [0.29, 0.717) is 5.71 Å². The van der Waals surface area contributed by atoms with Crippen molar-refractivity contribution in [2.45, 2.75) is 0 Å². The minimum atomic E-state index is 0.468. The third-order valence-corrected chi connectivity index (χ3v) is 10.9. The van der Waals surface area contributed by atoms with E-state index >= 15 is 0 Å². The Morgan fingerprint density at radius 1 is 0.400 bits per heavy atom. The normalized spacial score (nSPS) is 13.3. The van der Waals surface area contributed by atoms with E-state index in [1.807, 2.05) is 42.5 Å². The van der Waals surface area contributed by atoms with E-state index in [0.717, 1.165) is 50.3 Å². The maximum Gasteiger partial charge on any atom is 0.0711 e. The van der Waals surface area contributed by atoms with Gasteiger partial charge in [-0.1, -0.05) is 188 Å². The van der Waals surface area contributed by atoms with E-state index in [9.17, 15) is 5.41 Å². The molecule has 1 aliphatic heterocycles. The largest absolute Gasteiger partial charge is 0.354 e. The van der Waals surface area contributed by atoms with E-state index in [-0.39, 0.29) is 0 Å². The van der Waals surface area contributed by atoms with Crippen LogP contribution in [0, 0.1) is 5.41 Å². The number of benzene rings is 9. The van der Waals surface area contributed by atoms with Crippen LogP contribution in [0.3, 0.4) is 0 Å². The molecule has 9 aromatic rings. The van der Waals surface area contributed by atoms with Gasteiger partial charge in [-0.2, -0.15) is 0 Å². The average molecular weight is 701 g/mol.